The second kappa shape index (κ2) is 14.1. The lowest BCUT2D eigenvalue weighted by molar-refractivity contribution is 0.0951. The van der Waals surface area contributed by atoms with E-state index in [9.17, 15) is 18.0 Å². The van der Waals surface area contributed by atoms with E-state index in [1.165, 1.54) is 32.4 Å². The normalized spacial score (nSPS) is 13.7. The molecule has 0 spiro atoms. The molecule has 0 aromatic heterocycles. The summed E-state index contributed by atoms with van der Waals surface area (Å²) in [4.78, 5) is 25.0. The number of carbonyl (C=O) groups excluding carboxylic acids is 2. The minimum absolute atomic E-state index is 0.0170. The Morgan fingerprint density at radius 2 is 1.69 bits per heavy atom. The van der Waals surface area contributed by atoms with Gasteiger partial charge >= 0.3 is 6.03 Å². The van der Waals surface area contributed by atoms with E-state index in [0.29, 0.717) is 29.3 Å². The molecule has 3 amide bonds. The molecule has 10 heteroatoms. The summed E-state index contributed by atoms with van der Waals surface area (Å²) in [6.07, 6.45) is 5.45. The van der Waals surface area contributed by atoms with Gasteiger partial charge in [-0.05, 0) is 55.2 Å². The lowest BCUT2D eigenvalue weighted by atomic mass is 9.96. The molecular weight excluding hydrogens is 502 g/mol. The molecule has 0 saturated heterocycles. The Morgan fingerprint density at radius 1 is 1.06 bits per heavy atom. The van der Waals surface area contributed by atoms with E-state index < -0.39 is 16.1 Å². The van der Waals surface area contributed by atoms with E-state index >= 15 is 0 Å². The van der Waals surface area contributed by atoms with Crippen molar-refractivity contribution in [3.8, 4) is 5.75 Å². The monoisotopic (exact) mass is 537 g/mol. The summed E-state index contributed by atoms with van der Waals surface area (Å²) in [5.41, 5.74) is 1.18. The molecule has 198 valence electrons. The number of hydrogen-bond donors (Lipinski definition) is 2. The maximum Gasteiger partial charge on any atom is 0.331 e. The number of carbonyl (C=O) groups is 2. The molecule has 0 aliphatic heterocycles. The molecule has 1 aliphatic rings. The van der Waals surface area contributed by atoms with Crippen LogP contribution in [-0.2, 0) is 16.4 Å². The van der Waals surface area contributed by atoms with Gasteiger partial charge in [-0.1, -0.05) is 56.8 Å². The third-order valence-corrected chi connectivity index (χ3v) is 7.90. The number of ether oxygens (including phenoxy) is 1. The molecule has 0 atom stereocenters. The minimum atomic E-state index is -3.96. The zero-order valence-corrected chi connectivity index (χ0v) is 22.9. The van der Waals surface area contributed by atoms with Crippen molar-refractivity contribution < 1.29 is 22.7 Å². The topological polar surface area (TPSA) is 105 Å². The highest BCUT2D eigenvalue weighted by Crippen LogP contribution is 2.23. The molecule has 2 aromatic carbocycles. The van der Waals surface area contributed by atoms with E-state index in [-0.39, 0.29) is 16.8 Å². The highest BCUT2D eigenvalue weighted by atomic mass is 35.5. The summed E-state index contributed by atoms with van der Waals surface area (Å²) in [6, 6.07) is 10.5. The predicted octanol–water partition coefficient (Wildman–Crippen LogP) is 5.01. The number of amides is 3. The van der Waals surface area contributed by atoms with Gasteiger partial charge < -0.3 is 15.4 Å². The van der Waals surface area contributed by atoms with Gasteiger partial charge in [0.1, 0.15) is 5.75 Å². The number of benzene rings is 2. The first kappa shape index (κ1) is 29.5. The third-order valence-electron chi connectivity index (χ3n) is 5.91. The molecular formula is C26H36ClN3O5S. The number of rotatable bonds is 8. The summed E-state index contributed by atoms with van der Waals surface area (Å²) in [5.74, 6) is 0.109. The average Bonchev–Trinajstić information content (AvgIpc) is 2.90. The van der Waals surface area contributed by atoms with Crippen molar-refractivity contribution in [2.75, 3.05) is 20.7 Å². The van der Waals surface area contributed by atoms with Crippen LogP contribution >= 0.6 is 11.6 Å². The molecule has 0 bridgehead atoms. The summed E-state index contributed by atoms with van der Waals surface area (Å²) in [7, 11) is -1.22. The molecule has 8 nitrogen and oxygen atoms in total. The average molecular weight is 538 g/mol. The lowest BCUT2D eigenvalue weighted by Crippen LogP contribution is -2.46. The third kappa shape index (κ3) is 7.86. The van der Waals surface area contributed by atoms with Crippen LogP contribution in [0.3, 0.4) is 0 Å². The largest absolute Gasteiger partial charge is 0.496 e. The van der Waals surface area contributed by atoms with Crippen LogP contribution in [0.5, 0.6) is 5.75 Å². The fourth-order valence-electron chi connectivity index (χ4n) is 3.88. The van der Waals surface area contributed by atoms with Crippen LogP contribution in [0.25, 0.3) is 0 Å². The first-order chi connectivity index (χ1) is 17.2. The van der Waals surface area contributed by atoms with Crippen LogP contribution in [0.2, 0.25) is 5.02 Å². The number of hydrogen-bond acceptors (Lipinski definition) is 5. The second-order valence-electron chi connectivity index (χ2n) is 8.25. The van der Waals surface area contributed by atoms with E-state index in [1.807, 2.05) is 13.8 Å². The van der Waals surface area contributed by atoms with Gasteiger partial charge in [0.25, 0.3) is 15.9 Å². The Hall–Kier alpha value is -2.78. The fraction of sp³-hybridized carbons (Fsp3) is 0.462. The minimum Gasteiger partial charge on any atom is -0.496 e. The van der Waals surface area contributed by atoms with Crippen molar-refractivity contribution in [1.29, 1.82) is 0 Å². The Balaban J connectivity index is 0.00000222. The maximum absolute atomic E-state index is 12.9. The summed E-state index contributed by atoms with van der Waals surface area (Å²) in [5, 5.41) is 6.06. The van der Waals surface area contributed by atoms with Crippen molar-refractivity contribution in [1.82, 2.24) is 14.9 Å². The molecule has 1 fully saturated rings. The van der Waals surface area contributed by atoms with Crippen LogP contribution in [0.1, 0.15) is 61.9 Å². The number of nitrogens with one attached hydrogen (secondary N) is 2. The van der Waals surface area contributed by atoms with Gasteiger partial charge in [0.2, 0.25) is 0 Å². The lowest BCUT2D eigenvalue weighted by Gasteiger charge is -2.26. The molecule has 0 unspecified atom stereocenters. The number of methoxy groups -OCH3 is 1. The summed E-state index contributed by atoms with van der Waals surface area (Å²) < 4.78 is 31.7. The van der Waals surface area contributed by atoms with E-state index in [0.717, 1.165) is 42.0 Å². The van der Waals surface area contributed by atoms with Gasteiger partial charge in [-0.3, -0.25) is 4.79 Å². The molecule has 2 N–H and O–H groups in total. The van der Waals surface area contributed by atoms with Gasteiger partial charge in [-0.2, -0.15) is 0 Å². The van der Waals surface area contributed by atoms with Gasteiger partial charge in [-0.25, -0.2) is 17.5 Å². The van der Waals surface area contributed by atoms with Gasteiger partial charge in [-0.15, -0.1) is 0 Å². The molecule has 36 heavy (non-hydrogen) atoms. The van der Waals surface area contributed by atoms with Crippen LogP contribution in [0, 0.1) is 0 Å². The molecule has 1 aliphatic carbocycles. The summed E-state index contributed by atoms with van der Waals surface area (Å²) >= 11 is 5.98. The van der Waals surface area contributed by atoms with Crippen molar-refractivity contribution in [2.24, 2.45) is 0 Å². The molecule has 3 rings (SSSR count). The Bertz CT molecular complexity index is 1120. The highest BCUT2D eigenvalue weighted by molar-refractivity contribution is 7.89. The molecule has 1 saturated carbocycles. The van der Waals surface area contributed by atoms with E-state index in [4.69, 9.17) is 16.3 Å². The van der Waals surface area contributed by atoms with E-state index in [2.05, 4.69) is 10.6 Å². The first-order valence-corrected chi connectivity index (χ1v) is 14.0. The Kier molecular flexibility index (Phi) is 11.5. The van der Waals surface area contributed by atoms with Crippen LogP contribution in [-0.4, -0.2) is 51.4 Å². The smallest absolute Gasteiger partial charge is 0.331 e. The van der Waals surface area contributed by atoms with Crippen LogP contribution in [0.15, 0.2) is 47.4 Å². The number of halogens is 1. The highest BCUT2D eigenvalue weighted by Gasteiger charge is 2.27. The molecule has 2 aromatic rings. The predicted molar refractivity (Wildman–Crippen MR) is 142 cm³/mol. The zero-order valence-electron chi connectivity index (χ0n) is 21.3. The maximum atomic E-state index is 12.9. The van der Waals surface area contributed by atoms with Crippen molar-refractivity contribution in [3.63, 3.8) is 0 Å². The number of sulfonamides is 1. The molecule has 0 radical (unpaired) electrons. The van der Waals surface area contributed by atoms with E-state index in [1.54, 1.807) is 24.3 Å². The number of nitrogens with zero attached hydrogens (tertiary/aromatic N) is 1. The summed E-state index contributed by atoms with van der Waals surface area (Å²) in [6.45, 7) is 4.34. The van der Waals surface area contributed by atoms with Crippen LogP contribution < -0.4 is 15.4 Å². The van der Waals surface area contributed by atoms with Gasteiger partial charge in [0.15, 0.2) is 0 Å². The SMILES string of the molecule is CC.COc1ccc(Cl)cc1C(=O)NCCc1ccc(S(=O)(=O)N(C)C(=O)NC2CCCCC2)cc1. The van der Waals surface area contributed by atoms with Crippen molar-refractivity contribution in [3.05, 3.63) is 58.6 Å². The number of urea groups is 1. The van der Waals surface area contributed by atoms with Gasteiger partial charge in [0, 0.05) is 24.7 Å². The second-order valence-corrected chi connectivity index (χ2v) is 10.7. The molecule has 0 heterocycles. The van der Waals surface area contributed by atoms with Crippen molar-refractivity contribution in [2.45, 2.75) is 63.3 Å². The van der Waals surface area contributed by atoms with Gasteiger partial charge in [0.05, 0.1) is 17.6 Å². The Labute approximate surface area is 219 Å². The van der Waals surface area contributed by atoms with Crippen molar-refractivity contribution >= 4 is 33.6 Å². The first-order valence-electron chi connectivity index (χ1n) is 12.2. The van der Waals surface area contributed by atoms with Crippen LogP contribution in [0.4, 0.5) is 4.79 Å². The fourth-order valence-corrected chi connectivity index (χ4v) is 5.12. The quantitative estimate of drug-likeness (QED) is 0.492. The standard InChI is InChI=1S/C24H30ClN3O5S.C2H6/c1-28(24(30)27-19-6-4-3-5-7-19)34(31,32)20-11-8-17(9-12-20)14-15-26-23(29)21-16-18(25)10-13-22(21)33-2;1-2/h8-13,16,19H,3-7,14-15H2,1-2H3,(H,26,29)(H,27,30);1-2H3. The zero-order chi connectivity index (χ0) is 26.7. The Morgan fingerprint density at radius 3 is 2.31 bits per heavy atom.